The Bertz CT molecular complexity index is 843. The van der Waals surface area contributed by atoms with Crippen molar-refractivity contribution >= 4 is 15.9 Å². The first-order valence-electron chi connectivity index (χ1n) is 8.43. The second-order valence-corrected chi connectivity index (χ2v) is 8.43. The topological polar surface area (TPSA) is 75.7 Å². The number of likely N-dealkylation sites (N-methyl/N-ethyl adjacent to an activating group) is 1. The maximum atomic E-state index is 12.4. The Labute approximate surface area is 153 Å². The van der Waals surface area contributed by atoms with Crippen LogP contribution in [0.2, 0.25) is 0 Å². The Morgan fingerprint density at radius 2 is 1.85 bits per heavy atom. The molecule has 138 valence electrons. The zero-order chi connectivity index (χ0) is 18.6. The van der Waals surface area contributed by atoms with Crippen LogP contribution in [0.1, 0.15) is 11.1 Å². The lowest BCUT2D eigenvalue weighted by Gasteiger charge is -2.18. The molecular weight excluding hydrogens is 352 g/mol. The zero-order valence-corrected chi connectivity index (χ0v) is 15.4. The van der Waals surface area contributed by atoms with Gasteiger partial charge in [0, 0.05) is 13.5 Å². The van der Waals surface area contributed by atoms with Crippen LogP contribution in [0.4, 0.5) is 0 Å². The van der Waals surface area contributed by atoms with Gasteiger partial charge in [-0.05, 0) is 17.2 Å². The molecule has 6 nitrogen and oxygen atoms in total. The second kappa shape index (κ2) is 7.88. The third-order valence-corrected chi connectivity index (χ3v) is 6.05. The van der Waals surface area contributed by atoms with Crippen LogP contribution in [0.25, 0.3) is 0 Å². The highest BCUT2D eigenvalue weighted by molar-refractivity contribution is 7.88. The fourth-order valence-electron chi connectivity index (χ4n) is 2.85. The van der Waals surface area contributed by atoms with Crippen molar-refractivity contribution in [3.8, 4) is 5.75 Å². The minimum atomic E-state index is -3.55. The smallest absolute Gasteiger partial charge is 0.235 e. The number of hydrogen-bond donors (Lipinski definition) is 1. The second-order valence-electron chi connectivity index (χ2n) is 6.35. The van der Waals surface area contributed by atoms with Crippen LogP contribution < -0.4 is 10.1 Å². The monoisotopic (exact) mass is 374 g/mol. The number of hydrogen-bond acceptors (Lipinski definition) is 4. The van der Waals surface area contributed by atoms with Crippen LogP contribution in [0.15, 0.2) is 54.6 Å². The molecule has 0 bridgehead atoms. The van der Waals surface area contributed by atoms with Crippen molar-refractivity contribution in [2.75, 3.05) is 20.1 Å². The van der Waals surface area contributed by atoms with Gasteiger partial charge in [-0.25, -0.2) is 8.42 Å². The molecule has 7 heteroatoms. The fraction of sp³-hybridized carbons (Fsp3) is 0.316. The summed E-state index contributed by atoms with van der Waals surface area (Å²) in [6.07, 6.45) is 0.612. The van der Waals surface area contributed by atoms with E-state index in [0.29, 0.717) is 12.1 Å². The summed E-state index contributed by atoms with van der Waals surface area (Å²) < 4.78 is 31.6. The molecule has 0 saturated heterocycles. The summed E-state index contributed by atoms with van der Waals surface area (Å²) in [5, 5.41) is 2.76. The number of nitrogens with one attached hydrogen (secondary N) is 1. The van der Waals surface area contributed by atoms with E-state index in [1.165, 1.54) is 7.05 Å². The van der Waals surface area contributed by atoms with Gasteiger partial charge in [-0.1, -0.05) is 48.5 Å². The summed E-state index contributed by atoms with van der Waals surface area (Å²) in [5.74, 6) is 0.372. The quantitative estimate of drug-likeness (QED) is 0.798. The van der Waals surface area contributed by atoms with Gasteiger partial charge in [0.1, 0.15) is 11.9 Å². The van der Waals surface area contributed by atoms with Gasteiger partial charge in [0.2, 0.25) is 15.9 Å². The molecule has 0 saturated carbocycles. The van der Waals surface area contributed by atoms with E-state index in [2.05, 4.69) is 5.32 Å². The number of fused-ring (bicyclic) bond motifs is 1. The molecule has 1 atom stereocenters. The van der Waals surface area contributed by atoms with E-state index in [1.54, 1.807) is 24.3 Å². The molecule has 1 N–H and O–H groups in total. The molecule has 3 rings (SSSR count). The van der Waals surface area contributed by atoms with Crippen LogP contribution in [-0.2, 0) is 27.0 Å². The third kappa shape index (κ3) is 4.62. The lowest BCUT2D eigenvalue weighted by molar-refractivity contribution is -0.121. The Kier molecular flexibility index (Phi) is 5.58. The summed E-state index contributed by atoms with van der Waals surface area (Å²) in [5.41, 5.74) is 1.81. The van der Waals surface area contributed by atoms with Crippen LogP contribution >= 0.6 is 0 Å². The lowest BCUT2D eigenvalue weighted by atomic mass is 10.1. The van der Waals surface area contributed by atoms with Gasteiger partial charge in [0.25, 0.3) is 0 Å². The number of carbonyl (C=O) groups excluding carboxylic acids is 1. The van der Waals surface area contributed by atoms with Crippen molar-refractivity contribution < 1.29 is 17.9 Å². The lowest BCUT2D eigenvalue weighted by Crippen LogP contribution is -2.42. The van der Waals surface area contributed by atoms with Crippen LogP contribution in [0, 0.1) is 0 Å². The number of amides is 1. The predicted molar refractivity (Wildman–Crippen MR) is 99.3 cm³/mol. The van der Waals surface area contributed by atoms with E-state index in [0.717, 1.165) is 22.0 Å². The molecule has 1 aliphatic heterocycles. The Hall–Kier alpha value is -2.38. The number of para-hydroxylation sites is 1. The number of sulfonamides is 1. The van der Waals surface area contributed by atoms with E-state index in [9.17, 15) is 13.2 Å². The van der Waals surface area contributed by atoms with Crippen LogP contribution in [-0.4, -0.2) is 44.9 Å². The van der Waals surface area contributed by atoms with Crippen molar-refractivity contribution in [3.63, 3.8) is 0 Å². The van der Waals surface area contributed by atoms with Gasteiger partial charge in [0.15, 0.2) is 0 Å². The number of rotatable bonds is 7. The van der Waals surface area contributed by atoms with Gasteiger partial charge in [-0.3, -0.25) is 4.79 Å². The average molecular weight is 374 g/mol. The Morgan fingerprint density at radius 1 is 1.15 bits per heavy atom. The van der Waals surface area contributed by atoms with E-state index in [4.69, 9.17) is 4.74 Å². The molecule has 1 amide bonds. The molecular formula is C19H22N2O4S. The molecule has 1 unspecified atom stereocenters. The summed E-state index contributed by atoms with van der Waals surface area (Å²) in [4.78, 5) is 12.1. The first-order chi connectivity index (χ1) is 12.4. The van der Waals surface area contributed by atoms with Gasteiger partial charge in [-0.15, -0.1) is 0 Å². The van der Waals surface area contributed by atoms with Gasteiger partial charge >= 0.3 is 0 Å². The highest BCUT2D eigenvalue weighted by Gasteiger charge is 2.24. The molecule has 0 aliphatic carbocycles. The van der Waals surface area contributed by atoms with Gasteiger partial charge in [0.05, 0.1) is 18.8 Å². The summed E-state index contributed by atoms with van der Waals surface area (Å²) in [7, 11) is -2.13. The average Bonchev–Trinajstić information content (AvgIpc) is 3.03. The molecule has 0 spiro atoms. The normalized spacial score (nSPS) is 16.2. The van der Waals surface area contributed by atoms with Gasteiger partial charge < -0.3 is 10.1 Å². The highest BCUT2D eigenvalue weighted by Crippen LogP contribution is 2.27. The zero-order valence-electron chi connectivity index (χ0n) is 14.6. The molecule has 2 aromatic carbocycles. The van der Waals surface area contributed by atoms with Crippen LogP contribution in [0.3, 0.4) is 0 Å². The SMILES string of the molecule is CN(CC(=O)NCC1Cc2ccccc2O1)S(=O)(=O)Cc1ccccc1. The number of ether oxygens (including phenoxy) is 1. The molecule has 2 aromatic rings. The molecule has 0 aromatic heterocycles. The van der Waals surface area contributed by atoms with Crippen molar-refractivity contribution in [1.82, 2.24) is 9.62 Å². The first-order valence-corrected chi connectivity index (χ1v) is 10.0. The first kappa shape index (κ1) is 18.4. The van der Waals surface area contributed by atoms with Crippen molar-refractivity contribution in [2.45, 2.75) is 18.3 Å². The van der Waals surface area contributed by atoms with E-state index in [-0.39, 0.29) is 24.3 Å². The van der Waals surface area contributed by atoms with E-state index in [1.807, 2.05) is 30.3 Å². The largest absolute Gasteiger partial charge is 0.488 e. The Morgan fingerprint density at radius 3 is 2.58 bits per heavy atom. The minimum Gasteiger partial charge on any atom is -0.488 e. The van der Waals surface area contributed by atoms with E-state index >= 15 is 0 Å². The molecule has 1 aliphatic rings. The maximum Gasteiger partial charge on any atom is 0.235 e. The third-order valence-electron chi connectivity index (χ3n) is 4.27. The maximum absolute atomic E-state index is 12.4. The summed E-state index contributed by atoms with van der Waals surface area (Å²) in [6.45, 7) is 0.134. The van der Waals surface area contributed by atoms with E-state index < -0.39 is 10.0 Å². The van der Waals surface area contributed by atoms with Crippen molar-refractivity contribution in [2.24, 2.45) is 0 Å². The Balaban J connectivity index is 1.47. The van der Waals surface area contributed by atoms with Gasteiger partial charge in [-0.2, -0.15) is 4.31 Å². The highest BCUT2D eigenvalue weighted by atomic mass is 32.2. The molecule has 1 heterocycles. The van der Waals surface area contributed by atoms with Crippen LogP contribution in [0.5, 0.6) is 5.75 Å². The summed E-state index contributed by atoms with van der Waals surface area (Å²) in [6, 6.07) is 16.7. The predicted octanol–water partition coefficient (Wildman–Crippen LogP) is 1.57. The number of nitrogens with zero attached hydrogens (tertiary/aromatic N) is 1. The number of carbonyl (C=O) groups is 1. The minimum absolute atomic E-state index is 0.123. The molecule has 0 fully saturated rings. The molecule has 26 heavy (non-hydrogen) atoms. The molecule has 0 radical (unpaired) electrons. The van der Waals surface area contributed by atoms with Crippen molar-refractivity contribution in [3.05, 3.63) is 65.7 Å². The fourth-order valence-corrected chi connectivity index (χ4v) is 4.00. The number of benzene rings is 2. The van der Waals surface area contributed by atoms with Crippen molar-refractivity contribution in [1.29, 1.82) is 0 Å². The standard InChI is InChI=1S/C19H22N2O4S/c1-21(26(23,24)14-15-7-3-2-4-8-15)13-19(22)20-12-17-11-16-9-5-6-10-18(16)25-17/h2-10,17H,11-14H2,1H3,(H,20,22). The summed E-state index contributed by atoms with van der Waals surface area (Å²) >= 11 is 0.